The average molecular weight is 412 g/mol. The van der Waals surface area contributed by atoms with Crippen molar-refractivity contribution in [3.8, 4) is 0 Å². The van der Waals surface area contributed by atoms with Gasteiger partial charge in [0, 0.05) is 42.9 Å². The molecule has 1 aliphatic carbocycles. The van der Waals surface area contributed by atoms with Crippen LogP contribution in [0.2, 0.25) is 0 Å². The molecule has 1 fully saturated rings. The molecule has 2 aromatic heterocycles. The summed E-state index contributed by atoms with van der Waals surface area (Å²) in [6.45, 7) is 1.50. The zero-order valence-corrected chi connectivity index (χ0v) is 16.1. The highest BCUT2D eigenvalue weighted by Crippen LogP contribution is 2.58. The monoisotopic (exact) mass is 412 g/mol. The summed E-state index contributed by atoms with van der Waals surface area (Å²) in [4.78, 5) is 14.5. The molecule has 1 N–H and O–H groups in total. The highest BCUT2D eigenvalue weighted by molar-refractivity contribution is 6.21. The van der Waals surface area contributed by atoms with Crippen LogP contribution in [0.4, 0.5) is 13.2 Å². The van der Waals surface area contributed by atoms with Gasteiger partial charge >= 0.3 is 6.18 Å². The van der Waals surface area contributed by atoms with Gasteiger partial charge in [-0.1, -0.05) is 6.08 Å². The molecule has 4 aliphatic rings. The van der Waals surface area contributed by atoms with Crippen molar-refractivity contribution in [1.29, 1.82) is 0 Å². The molecule has 1 saturated carbocycles. The Bertz CT molecular complexity index is 1170. The number of hydrogen-bond acceptors (Lipinski definition) is 5. The molecule has 154 valence electrons. The van der Waals surface area contributed by atoms with Crippen LogP contribution in [-0.4, -0.2) is 57.4 Å². The number of pyridine rings is 1. The van der Waals surface area contributed by atoms with Crippen molar-refractivity contribution in [2.45, 2.75) is 37.9 Å². The first kappa shape index (κ1) is 17.9. The maximum Gasteiger partial charge on any atom is 0.432 e. The quantitative estimate of drug-likeness (QED) is 0.770. The number of aromatic amines is 1. The smallest absolute Gasteiger partial charge is 0.356 e. The number of aromatic nitrogens is 2. The molecule has 6 nitrogen and oxygen atoms in total. The van der Waals surface area contributed by atoms with Crippen LogP contribution < -0.4 is 0 Å². The van der Waals surface area contributed by atoms with Crippen LogP contribution >= 0.6 is 0 Å². The molecule has 9 heteroatoms. The third kappa shape index (κ3) is 2.50. The minimum atomic E-state index is -4.45. The average Bonchev–Trinajstić information content (AvgIpc) is 3.11. The van der Waals surface area contributed by atoms with Crippen molar-refractivity contribution in [1.82, 2.24) is 14.9 Å². The molecule has 0 aromatic carbocycles. The van der Waals surface area contributed by atoms with Gasteiger partial charge in [0.2, 0.25) is 0 Å². The minimum Gasteiger partial charge on any atom is -0.356 e. The Hall–Kier alpha value is -2.97. The van der Waals surface area contributed by atoms with E-state index in [0.29, 0.717) is 31.5 Å². The molecule has 6 rings (SSSR count). The summed E-state index contributed by atoms with van der Waals surface area (Å²) >= 11 is 0. The number of amidine groups is 1. The van der Waals surface area contributed by atoms with Crippen molar-refractivity contribution in [2.75, 3.05) is 13.1 Å². The first-order chi connectivity index (χ1) is 14.5. The van der Waals surface area contributed by atoms with E-state index in [1.807, 2.05) is 12.3 Å². The van der Waals surface area contributed by atoms with Crippen molar-refractivity contribution in [3.05, 3.63) is 36.2 Å². The zero-order chi connectivity index (χ0) is 20.5. The third-order valence-corrected chi connectivity index (χ3v) is 6.66. The highest BCUT2D eigenvalue weighted by Gasteiger charge is 2.70. The zero-order valence-electron chi connectivity index (χ0n) is 16.1. The van der Waals surface area contributed by atoms with Gasteiger partial charge in [0.05, 0.1) is 23.0 Å². The second-order valence-corrected chi connectivity index (χ2v) is 8.26. The van der Waals surface area contributed by atoms with E-state index in [0.717, 1.165) is 35.4 Å². The van der Waals surface area contributed by atoms with Gasteiger partial charge in [-0.3, -0.25) is 4.99 Å². The molecule has 2 unspecified atom stereocenters. The molecule has 30 heavy (non-hydrogen) atoms. The fourth-order valence-corrected chi connectivity index (χ4v) is 5.06. The summed E-state index contributed by atoms with van der Waals surface area (Å²) in [5, 5.41) is 8.50. The lowest BCUT2D eigenvalue weighted by Gasteiger charge is -2.29. The highest BCUT2D eigenvalue weighted by atomic mass is 19.4. The molecule has 0 bridgehead atoms. The van der Waals surface area contributed by atoms with E-state index < -0.39 is 17.3 Å². The summed E-state index contributed by atoms with van der Waals surface area (Å²) in [6, 6.07) is 3.60. The number of alkyl halides is 3. The van der Waals surface area contributed by atoms with Crippen molar-refractivity contribution >= 4 is 33.9 Å². The largest absolute Gasteiger partial charge is 0.432 e. The van der Waals surface area contributed by atoms with Crippen LogP contribution in [0.5, 0.6) is 0 Å². The van der Waals surface area contributed by atoms with Crippen LogP contribution in [0.3, 0.4) is 0 Å². The van der Waals surface area contributed by atoms with Crippen LogP contribution in [0.1, 0.15) is 31.2 Å². The van der Waals surface area contributed by atoms with Gasteiger partial charge < -0.3 is 9.88 Å². The van der Waals surface area contributed by atoms with E-state index in [4.69, 9.17) is 4.99 Å². The Morgan fingerprint density at radius 1 is 1.17 bits per heavy atom. The van der Waals surface area contributed by atoms with E-state index in [9.17, 15) is 13.2 Å². The fourth-order valence-electron chi connectivity index (χ4n) is 5.06. The lowest BCUT2D eigenvalue weighted by atomic mass is 9.91. The standard InChI is InChI=1S/C21H19F3N6/c22-21(23,24)19-20-10-16(20)27-17(4-3-15(20)28-29-19)30-8-5-12(6-9-30)14-11-26-18-13(14)2-1-7-25-18/h1-2,5,7,11,16H,3-4,6,8-10H2,(H,25,26). The van der Waals surface area contributed by atoms with Crippen molar-refractivity contribution in [2.24, 2.45) is 20.6 Å². The second-order valence-electron chi connectivity index (χ2n) is 8.26. The number of rotatable bonds is 1. The number of nitrogens with zero attached hydrogens (tertiary/aromatic N) is 5. The van der Waals surface area contributed by atoms with E-state index in [2.05, 4.69) is 37.2 Å². The molecule has 0 saturated heterocycles. The normalized spacial score (nSPS) is 28.2. The number of H-pyrrole nitrogens is 1. The maximum atomic E-state index is 13.4. The molecule has 2 atom stereocenters. The lowest BCUT2D eigenvalue weighted by Crippen LogP contribution is -2.36. The van der Waals surface area contributed by atoms with E-state index in [1.165, 1.54) is 5.57 Å². The lowest BCUT2D eigenvalue weighted by molar-refractivity contribution is -0.0621. The Morgan fingerprint density at radius 2 is 2.07 bits per heavy atom. The van der Waals surface area contributed by atoms with E-state index >= 15 is 0 Å². The number of halogens is 3. The van der Waals surface area contributed by atoms with E-state index in [-0.39, 0.29) is 6.04 Å². The predicted octanol–water partition coefficient (Wildman–Crippen LogP) is 3.98. The Kier molecular flexibility index (Phi) is 3.58. The van der Waals surface area contributed by atoms with Crippen molar-refractivity contribution < 1.29 is 13.2 Å². The maximum absolute atomic E-state index is 13.4. The number of nitrogens with one attached hydrogen (secondary N) is 1. The number of hydrogen-bond donors (Lipinski definition) is 1. The molecule has 2 aromatic rings. The van der Waals surface area contributed by atoms with Gasteiger partial charge in [0.15, 0.2) is 5.71 Å². The molecule has 5 heterocycles. The summed E-state index contributed by atoms with van der Waals surface area (Å²) in [5.74, 6) is 0.895. The summed E-state index contributed by atoms with van der Waals surface area (Å²) in [7, 11) is 0. The first-order valence-corrected chi connectivity index (χ1v) is 10.1. The van der Waals surface area contributed by atoms with E-state index in [1.54, 1.807) is 6.20 Å². The Morgan fingerprint density at radius 3 is 2.87 bits per heavy atom. The van der Waals surface area contributed by atoms with Gasteiger partial charge in [0.25, 0.3) is 0 Å². The molecular weight excluding hydrogens is 393 g/mol. The molecule has 1 spiro atoms. The SMILES string of the molecule is FC(F)(F)C1=NN=C2CCC(N3CC=C(c4c[nH]c5ncccc45)CC3)=NC3CC213. The van der Waals surface area contributed by atoms with Gasteiger partial charge in [-0.15, -0.1) is 5.10 Å². The third-order valence-electron chi connectivity index (χ3n) is 6.66. The minimum absolute atomic E-state index is 0.366. The van der Waals surface area contributed by atoms with Gasteiger partial charge in [-0.25, -0.2) is 4.98 Å². The molecule has 0 amide bonds. The van der Waals surface area contributed by atoms with Gasteiger partial charge in [-0.05, 0) is 37.0 Å². The van der Waals surface area contributed by atoms with Crippen molar-refractivity contribution in [3.63, 3.8) is 0 Å². The van der Waals surface area contributed by atoms with Crippen LogP contribution in [0, 0.1) is 5.41 Å². The summed E-state index contributed by atoms with van der Waals surface area (Å²) in [6.07, 6.45) is 3.82. The summed E-state index contributed by atoms with van der Waals surface area (Å²) < 4.78 is 40.2. The molecular formula is C21H19F3N6. The number of aliphatic imine (C=N–C) groups is 1. The summed E-state index contributed by atoms with van der Waals surface area (Å²) in [5.41, 5.74) is 2.00. The van der Waals surface area contributed by atoms with Crippen LogP contribution in [0.25, 0.3) is 16.6 Å². The fraction of sp³-hybridized carbons (Fsp3) is 0.429. The van der Waals surface area contributed by atoms with Gasteiger partial charge in [0.1, 0.15) is 5.65 Å². The second kappa shape index (κ2) is 6.02. The Balaban J connectivity index is 1.23. The van der Waals surface area contributed by atoms with Crippen LogP contribution in [0.15, 0.2) is 45.8 Å². The molecule has 3 aliphatic heterocycles. The van der Waals surface area contributed by atoms with Crippen LogP contribution in [-0.2, 0) is 0 Å². The Labute approximate surface area is 170 Å². The first-order valence-electron chi connectivity index (χ1n) is 10.1. The predicted molar refractivity (Wildman–Crippen MR) is 109 cm³/mol. The van der Waals surface area contributed by atoms with Gasteiger partial charge in [-0.2, -0.15) is 18.3 Å². The number of fused-ring (bicyclic) bond motifs is 1. The topological polar surface area (TPSA) is 69.0 Å². The molecule has 0 radical (unpaired) electrons.